The van der Waals surface area contributed by atoms with Crippen molar-refractivity contribution in [2.24, 2.45) is 22.4 Å². The summed E-state index contributed by atoms with van der Waals surface area (Å²) >= 11 is 0. The SMILES string of the molecule is COc1ccc(/C=N\NC(=O)[C@@H]2[C@@H]3CCCC[C@]23C)cc1[N+](=O)[O-]. The molecule has 1 N–H and O–H groups in total. The predicted molar refractivity (Wildman–Crippen MR) is 88.9 cm³/mol. The van der Waals surface area contributed by atoms with Crippen LogP contribution in [0.1, 0.15) is 38.2 Å². The molecule has 24 heavy (non-hydrogen) atoms. The van der Waals surface area contributed by atoms with Crippen LogP contribution in [-0.4, -0.2) is 24.2 Å². The van der Waals surface area contributed by atoms with Gasteiger partial charge < -0.3 is 4.74 Å². The maximum atomic E-state index is 12.3. The van der Waals surface area contributed by atoms with Gasteiger partial charge in [-0.3, -0.25) is 14.9 Å². The topological polar surface area (TPSA) is 93.8 Å². The van der Waals surface area contributed by atoms with Crippen molar-refractivity contribution in [1.29, 1.82) is 0 Å². The Balaban J connectivity index is 1.64. The molecule has 1 aromatic rings. The van der Waals surface area contributed by atoms with Crippen LogP contribution in [-0.2, 0) is 4.79 Å². The van der Waals surface area contributed by atoms with Crippen molar-refractivity contribution in [3.63, 3.8) is 0 Å². The van der Waals surface area contributed by atoms with Gasteiger partial charge in [0.05, 0.1) is 18.2 Å². The lowest BCUT2D eigenvalue weighted by Crippen LogP contribution is -2.22. The number of nitro benzene ring substituents is 1. The molecule has 7 heteroatoms. The maximum Gasteiger partial charge on any atom is 0.311 e. The quantitative estimate of drug-likeness (QED) is 0.510. The van der Waals surface area contributed by atoms with Crippen LogP contribution < -0.4 is 10.2 Å². The van der Waals surface area contributed by atoms with Crippen LogP contribution in [0.3, 0.4) is 0 Å². The van der Waals surface area contributed by atoms with Crippen LogP contribution in [0.25, 0.3) is 0 Å². The Morgan fingerprint density at radius 2 is 2.29 bits per heavy atom. The molecule has 0 saturated heterocycles. The summed E-state index contributed by atoms with van der Waals surface area (Å²) in [5.41, 5.74) is 3.12. The Hall–Kier alpha value is -2.44. The van der Waals surface area contributed by atoms with E-state index in [-0.39, 0.29) is 28.7 Å². The number of carbonyl (C=O) groups is 1. The number of hydrazone groups is 1. The molecule has 2 aliphatic rings. The molecule has 2 saturated carbocycles. The number of methoxy groups -OCH3 is 1. The molecule has 0 bridgehead atoms. The van der Waals surface area contributed by atoms with E-state index in [4.69, 9.17) is 4.74 Å². The number of nitrogens with zero attached hydrogens (tertiary/aromatic N) is 2. The molecular formula is C17H21N3O4. The summed E-state index contributed by atoms with van der Waals surface area (Å²) in [5, 5.41) is 15.0. The number of nitro groups is 1. The molecule has 2 aliphatic carbocycles. The summed E-state index contributed by atoms with van der Waals surface area (Å²) in [4.78, 5) is 22.8. The predicted octanol–water partition coefficient (Wildman–Crippen LogP) is 2.88. The largest absolute Gasteiger partial charge is 0.490 e. The monoisotopic (exact) mass is 331 g/mol. The Kier molecular flexibility index (Phi) is 4.26. The van der Waals surface area contributed by atoms with Gasteiger partial charge in [-0.1, -0.05) is 19.8 Å². The van der Waals surface area contributed by atoms with Gasteiger partial charge in [-0.05, 0) is 36.3 Å². The van der Waals surface area contributed by atoms with E-state index < -0.39 is 4.92 Å². The molecule has 2 fully saturated rings. The van der Waals surface area contributed by atoms with Gasteiger partial charge in [0, 0.05) is 17.5 Å². The third-order valence-electron chi connectivity index (χ3n) is 5.40. The Morgan fingerprint density at radius 3 is 2.92 bits per heavy atom. The first-order valence-corrected chi connectivity index (χ1v) is 8.12. The van der Waals surface area contributed by atoms with E-state index in [2.05, 4.69) is 17.5 Å². The third kappa shape index (κ3) is 2.86. The van der Waals surface area contributed by atoms with Crippen LogP contribution in [0.5, 0.6) is 5.75 Å². The lowest BCUT2D eigenvalue weighted by Gasteiger charge is -2.15. The number of amides is 1. The lowest BCUT2D eigenvalue weighted by molar-refractivity contribution is -0.385. The van der Waals surface area contributed by atoms with E-state index in [1.54, 1.807) is 6.07 Å². The zero-order chi connectivity index (χ0) is 17.3. The average molecular weight is 331 g/mol. The van der Waals surface area contributed by atoms with E-state index in [1.807, 2.05) is 0 Å². The molecule has 7 nitrogen and oxygen atoms in total. The highest BCUT2D eigenvalue weighted by molar-refractivity contribution is 5.86. The smallest absolute Gasteiger partial charge is 0.311 e. The molecule has 0 heterocycles. The zero-order valence-corrected chi connectivity index (χ0v) is 13.8. The number of hydrogen-bond donors (Lipinski definition) is 1. The molecular weight excluding hydrogens is 310 g/mol. The summed E-state index contributed by atoms with van der Waals surface area (Å²) in [6, 6.07) is 4.53. The number of ether oxygens (including phenoxy) is 1. The zero-order valence-electron chi connectivity index (χ0n) is 13.8. The van der Waals surface area contributed by atoms with E-state index in [9.17, 15) is 14.9 Å². The van der Waals surface area contributed by atoms with Gasteiger partial charge in [-0.2, -0.15) is 5.10 Å². The summed E-state index contributed by atoms with van der Waals surface area (Å²) in [7, 11) is 1.38. The van der Waals surface area contributed by atoms with Crippen LogP contribution in [0.4, 0.5) is 5.69 Å². The van der Waals surface area contributed by atoms with Crippen LogP contribution >= 0.6 is 0 Å². The number of benzene rings is 1. The number of rotatable bonds is 5. The molecule has 128 valence electrons. The van der Waals surface area contributed by atoms with Gasteiger partial charge in [0.2, 0.25) is 5.91 Å². The first-order valence-electron chi connectivity index (χ1n) is 8.12. The molecule has 1 amide bonds. The first-order chi connectivity index (χ1) is 11.5. The van der Waals surface area contributed by atoms with Gasteiger partial charge in [0.25, 0.3) is 0 Å². The van der Waals surface area contributed by atoms with Gasteiger partial charge in [0.1, 0.15) is 0 Å². The van der Waals surface area contributed by atoms with Crippen molar-refractivity contribution in [2.75, 3.05) is 7.11 Å². The van der Waals surface area contributed by atoms with Crippen molar-refractivity contribution in [2.45, 2.75) is 32.6 Å². The van der Waals surface area contributed by atoms with Gasteiger partial charge in [0.15, 0.2) is 5.75 Å². The second-order valence-corrected chi connectivity index (χ2v) is 6.76. The van der Waals surface area contributed by atoms with E-state index >= 15 is 0 Å². The molecule has 0 unspecified atom stereocenters. The van der Waals surface area contributed by atoms with E-state index in [0.717, 1.165) is 12.8 Å². The number of hydrogen-bond acceptors (Lipinski definition) is 5. The highest BCUT2D eigenvalue weighted by Gasteiger charge is 2.64. The number of fused-ring (bicyclic) bond motifs is 1. The van der Waals surface area contributed by atoms with E-state index in [1.165, 1.54) is 38.3 Å². The van der Waals surface area contributed by atoms with Crippen molar-refractivity contribution >= 4 is 17.8 Å². The van der Waals surface area contributed by atoms with Crippen molar-refractivity contribution in [3.8, 4) is 5.75 Å². The van der Waals surface area contributed by atoms with Crippen LogP contribution in [0, 0.1) is 27.4 Å². The van der Waals surface area contributed by atoms with Crippen LogP contribution in [0.15, 0.2) is 23.3 Å². The average Bonchev–Trinajstić information content (AvgIpc) is 3.20. The molecule has 3 rings (SSSR count). The maximum absolute atomic E-state index is 12.3. The second kappa shape index (κ2) is 6.22. The summed E-state index contributed by atoms with van der Waals surface area (Å²) in [6.07, 6.45) is 6.02. The molecule has 0 aromatic heterocycles. The molecule has 3 atom stereocenters. The Morgan fingerprint density at radius 1 is 1.50 bits per heavy atom. The van der Waals surface area contributed by atoms with Crippen molar-refractivity contribution in [3.05, 3.63) is 33.9 Å². The van der Waals surface area contributed by atoms with Gasteiger partial charge in [-0.25, -0.2) is 5.43 Å². The minimum atomic E-state index is -0.509. The molecule has 1 aromatic carbocycles. The fourth-order valence-corrected chi connectivity index (χ4v) is 4.02. The molecule has 0 spiro atoms. The lowest BCUT2D eigenvalue weighted by atomic mass is 9.90. The Bertz CT molecular complexity index is 703. The third-order valence-corrected chi connectivity index (χ3v) is 5.40. The Labute approximate surface area is 140 Å². The fraction of sp³-hybridized carbons (Fsp3) is 0.529. The summed E-state index contributed by atoms with van der Waals surface area (Å²) in [5.74, 6) is 0.658. The second-order valence-electron chi connectivity index (χ2n) is 6.76. The number of carbonyl (C=O) groups excluding carboxylic acids is 1. The minimum Gasteiger partial charge on any atom is -0.490 e. The normalized spacial score (nSPS) is 28.2. The van der Waals surface area contributed by atoms with Crippen LogP contribution in [0.2, 0.25) is 0 Å². The fourth-order valence-electron chi connectivity index (χ4n) is 4.02. The highest BCUT2D eigenvalue weighted by Crippen LogP contribution is 2.66. The van der Waals surface area contributed by atoms with E-state index in [0.29, 0.717) is 11.5 Å². The van der Waals surface area contributed by atoms with Crippen molar-refractivity contribution in [1.82, 2.24) is 5.43 Å². The standard InChI is InChI=1S/C17H21N3O4/c1-17-8-4-3-5-12(17)15(17)16(21)19-18-10-11-6-7-14(24-2)13(9-11)20(22)23/h6-7,9-10,12,15H,3-5,8H2,1-2H3,(H,19,21)/b18-10-/t12-,15-,17-/m0/s1. The highest BCUT2D eigenvalue weighted by atomic mass is 16.6. The number of nitrogens with one attached hydrogen (secondary N) is 1. The molecule has 0 aliphatic heterocycles. The summed E-state index contributed by atoms with van der Waals surface area (Å²) < 4.78 is 4.95. The van der Waals surface area contributed by atoms with Gasteiger partial charge in [-0.15, -0.1) is 0 Å². The minimum absolute atomic E-state index is 0.0438. The molecule has 0 radical (unpaired) electrons. The van der Waals surface area contributed by atoms with Gasteiger partial charge >= 0.3 is 5.69 Å². The first kappa shape index (κ1) is 16.4. The van der Waals surface area contributed by atoms with Crippen molar-refractivity contribution < 1.29 is 14.5 Å². The summed E-state index contributed by atoms with van der Waals surface area (Å²) in [6.45, 7) is 2.18.